The predicted octanol–water partition coefficient (Wildman–Crippen LogP) is 2.36. The monoisotopic (exact) mass is 269 g/mol. The van der Waals surface area contributed by atoms with Gasteiger partial charge in [0, 0.05) is 0 Å². The van der Waals surface area contributed by atoms with Crippen molar-refractivity contribution in [2.45, 2.75) is 37.6 Å². The maximum Gasteiger partial charge on any atom is 0.401 e. The molecule has 17 heavy (non-hydrogen) atoms. The van der Waals surface area contributed by atoms with Gasteiger partial charge in [0.2, 0.25) is 5.89 Å². The van der Waals surface area contributed by atoms with Crippen LogP contribution in [0, 0.1) is 0 Å². The summed E-state index contributed by atoms with van der Waals surface area (Å²) in [6, 6.07) is 0. The summed E-state index contributed by atoms with van der Waals surface area (Å²) in [4.78, 5) is 3.97. The fraction of sp³-hybridized carbons (Fsp3) is 0.778. The molecule has 0 spiro atoms. The topological polar surface area (TPSA) is 51.0 Å². The average molecular weight is 269 g/mol. The molecule has 8 heteroatoms. The Bertz CT molecular complexity index is 340. The second-order valence-electron chi connectivity index (χ2n) is 3.68. The first kappa shape index (κ1) is 14.3. The van der Waals surface area contributed by atoms with Crippen molar-refractivity contribution in [2.75, 3.05) is 6.54 Å². The summed E-state index contributed by atoms with van der Waals surface area (Å²) >= 11 is 1.64. The molecule has 0 atom stereocenters. The predicted molar refractivity (Wildman–Crippen MR) is 58.5 cm³/mol. The summed E-state index contributed by atoms with van der Waals surface area (Å²) in [5.74, 6) is 1.28. The van der Waals surface area contributed by atoms with Crippen molar-refractivity contribution in [3.63, 3.8) is 0 Å². The van der Waals surface area contributed by atoms with Crippen LogP contribution in [0.25, 0.3) is 0 Å². The van der Waals surface area contributed by atoms with E-state index in [0.717, 1.165) is 0 Å². The van der Waals surface area contributed by atoms with Crippen molar-refractivity contribution in [3.05, 3.63) is 11.7 Å². The molecule has 1 rings (SSSR count). The Labute approximate surface area is 101 Å². The molecule has 0 aliphatic rings. The smallest absolute Gasteiger partial charge is 0.338 e. The van der Waals surface area contributed by atoms with Gasteiger partial charge in [-0.05, 0) is 5.25 Å². The molecule has 0 saturated heterocycles. The van der Waals surface area contributed by atoms with E-state index >= 15 is 0 Å². The Morgan fingerprint density at radius 3 is 2.71 bits per heavy atom. The van der Waals surface area contributed by atoms with Crippen LogP contribution in [-0.4, -0.2) is 28.1 Å². The molecular formula is C9H14F3N3OS. The summed E-state index contributed by atoms with van der Waals surface area (Å²) in [5.41, 5.74) is 0. The van der Waals surface area contributed by atoms with E-state index in [-0.39, 0.29) is 12.4 Å². The Morgan fingerprint density at radius 2 is 2.12 bits per heavy atom. The van der Waals surface area contributed by atoms with Gasteiger partial charge in [-0.1, -0.05) is 19.0 Å². The largest absolute Gasteiger partial charge is 0.401 e. The van der Waals surface area contributed by atoms with Gasteiger partial charge in [-0.2, -0.15) is 29.9 Å². The third-order valence-corrected chi connectivity index (χ3v) is 2.75. The number of thioether (sulfide) groups is 1. The third-order valence-electron chi connectivity index (χ3n) is 1.66. The van der Waals surface area contributed by atoms with Gasteiger partial charge in [0.05, 0.1) is 18.8 Å². The number of aromatic nitrogens is 2. The highest BCUT2D eigenvalue weighted by Gasteiger charge is 2.26. The molecule has 1 heterocycles. The summed E-state index contributed by atoms with van der Waals surface area (Å²) in [6.07, 6.45) is -4.23. The fourth-order valence-corrected chi connectivity index (χ4v) is 1.57. The van der Waals surface area contributed by atoms with E-state index in [2.05, 4.69) is 15.5 Å². The van der Waals surface area contributed by atoms with Crippen molar-refractivity contribution in [1.82, 2.24) is 15.5 Å². The number of halogens is 3. The normalized spacial score (nSPS) is 12.4. The second kappa shape index (κ2) is 6.25. The second-order valence-corrected chi connectivity index (χ2v) is 5.25. The van der Waals surface area contributed by atoms with Crippen LogP contribution in [0.4, 0.5) is 13.2 Å². The molecule has 0 aliphatic carbocycles. The van der Waals surface area contributed by atoms with Gasteiger partial charge < -0.3 is 9.84 Å². The maximum absolute atomic E-state index is 11.8. The third kappa shape index (κ3) is 6.52. The average Bonchev–Trinajstić information content (AvgIpc) is 2.61. The lowest BCUT2D eigenvalue weighted by Crippen LogP contribution is -2.28. The maximum atomic E-state index is 11.8. The van der Waals surface area contributed by atoms with Gasteiger partial charge in [0.15, 0.2) is 5.82 Å². The molecule has 0 amide bonds. The summed E-state index contributed by atoms with van der Waals surface area (Å²) in [7, 11) is 0. The lowest BCUT2D eigenvalue weighted by Gasteiger charge is -2.05. The molecular weight excluding hydrogens is 255 g/mol. The van der Waals surface area contributed by atoms with Crippen LogP contribution in [0.1, 0.15) is 25.6 Å². The number of alkyl halides is 3. The highest BCUT2D eigenvalue weighted by atomic mass is 32.2. The Morgan fingerprint density at radius 1 is 1.41 bits per heavy atom. The standard InChI is InChI=1S/C9H14F3N3OS/c1-6(2)17-4-7-14-8(16-15-7)3-13-5-9(10,11)12/h6,13H,3-5H2,1-2H3. The van der Waals surface area contributed by atoms with E-state index in [0.29, 0.717) is 16.8 Å². The zero-order chi connectivity index (χ0) is 12.9. The van der Waals surface area contributed by atoms with Gasteiger partial charge in [-0.25, -0.2) is 0 Å². The van der Waals surface area contributed by atoms with Crippen LogP contribution in [0.3, 0.4) is 0 Å². The molecule has 1 aromatic rings. The molecule has 98 valence electrons. The van der Waals surface area contributed by atoms with Gasteiger partial charge in [-0.3, -0.25) is 0 Å². The van der Waals surface area contributed by atoms with Crippen LogP contribution in [0.2, 0.25) is 0 Å². The Kier molecular flexibility index (Phi) is 5.26. The Balaban J connectivity index is 2.31. The molecule has 0 fully saturated rings. The zero-order valence-corrected chi connectivity index (χ0v) is 10.4. The first-order valence-corrected chi connectivity index (χ1v) is 6.12. The number of nitrogens with one attached hydrogen (secondary N) is 1. The molecule has 0 bridgehead atoms. The summed E-state index contributed by atoms with van der Waals surface area (Å²) < 4.78 is 40.3. The zero-order valence-electron chi connectivity index (χ0n) is 9.54. The highest BCUT2D eigenvalue weighted by molar-refractivity contribution is 7.99. The van der Waals surface area contributed by atoms with E-state index in [1.165, 1.54) is 0 Å². The van der Waals surface area contributed by atoms with Crippen LogP contribution in [0.5, 0.6) is 0 Å². The van der Waals surface area contributed by atoms with E-state index in [1.807, 2.05) is 13.8 Å². The van der Waals surface area contributed by atoms with Crippen molar-refractivity contribution >= 4 is 11.8 Å². The summed E-state index contributed by atoms with van der Waals surface area (Å²) in [5, 5.41) is 6.31. The van der Waals surface area contributed by atoms with Crippen LogP contribution < -0.4 is 5.32 Å². The molecule has 4 nitrogen and oxygen atoms in total. The minimum atomic E-state index is -4.23. The summed E-state index contributed by atoms with van der Waals surface area (Å²) in [6.45, 7) is 2.94. The molecule has 0 radical (unpaired) electrons. The van der Waals surface area contributed by atoms with E-state index in [9.17, 15) is 13.2 Å². The van der Waals surface area contributed by atoms with Gasteiger partial charge in [0.1, 0.15) is 0 Å². The number of nitrogens with zero attached hydrogens (tertiary/aromatic N) is 2. The lowest BCUT2D eigenvalue weighted by molar-refractivity contribution is -0.125. The first-order chi connectivity index (χ1) is 7.87. The Hall–Kier alpha value is -0.760. The van der Waals surface area contributed by atoms with Crippen LogP contribution in [0.15, 0.2) is 4.52 Å². The van der Waals surface area contributed by atoms with Crippen molar-refractivity contribution < 1.29 is 17.7 Å². The van der Waals surface area contributed by atoms with Gasteiger partial charge in [0.25, 0.3) is 0 Å². The first-order valence-electron chi connectivity index (χ1n) is 5.07. The molecule has 0 saturated carbocycles. The number of hydrogen-bond acceptors (Lipinski definition) is 5. The minimum absolute atomic E-state index is 0.0706. The fourth-order valence-electron chi connectivity index (χ4n) is 0.973. The van der Waals surface area contributed by atoms with E-state index < -0.39 is 12.7 Å². The van der Waals surface area contributed by atoms with Crippen molar-refractivity contribution in [1.29, 1.82) is 0 Å². The molecule has 0 aromatic carbocycles. The van der Waals surface area contributed by atoms with Gasteiger partial charge >= 0.3 is 6.18 Å². The van der Waals surface area contributed by atoms with E-state index in [1.54, 1.807) is 11.8 Å². The van der Waals surface area contributed by atoms with Crippen molar-refractivity contribution in [3.8, 4) is 0 Å². The SMILES string of the molecule is CC(C)SCc1noc(CNCC(F)(F)F)n1. The van der Waals surface area contributed by atoms with Crippen molar-refractivity contribution in [2.24, 2.45) is 0 Å². The number of rotatable bonds is 6. The van der Waals surface area contributed by atoms with Gasteiger partial charge in [-0.15, -0.1) is 0 Å². The minimum Gasteiger partial charge on any atom is -0.338 e. The molecule has 1 N–H and O–H groups in total. The lowest BCUT2D eigenvalue weighted by atomic mass is 10.5. The molecule has 1 aromatic heterocycles. The molecule has 0 aliphatic heterocycles. The quantitative estimate of drug-likeness (QED) is 0.859. The highest BCUT2D eigenvalue weighted by Crippen LogP contribution is 2.15. The molecule has 0 unspecified atom stereocenters. The van der Waals surface area contributed by atoms with E-state index in [4.69, 9.17) is 4.52 Å². The van der Waals surface area contributed by atoms with Crippen LogP contribution >= 0.6 is 11.8 Å². The van der Waals surface area contributed by atoms with Crippen LogP contribution in [-0.2, 0) is 12.3 Å². The number of hydrogen-bond donors (Lipinski definition) is 1.